The average Bonchev–Trinajstić information content (AvgIpc) is 2.91. The van der Waals surface area contributed by atoms with Gasteiger partial charge in [0.05, 0.1) is 5.56 Å². The summed E-state index contributed by atoms with van der Waals surface area (Å²) in [5.41, 5.74) is 0.271. The highest BCUT2D eigenvalue weighted by molar-refractivity contribution is 7.88. The number of carbonyl (C=O) groups excluding carboxylic acids is 1. The zero-order valence-electron chi connectivity index (χ0n) is 14.3. The van der Waals surface area contributed by atoms with Crippen LogP contribution in [0.15, 0.2) is 15.6 Å². The molecule has 24 heavy (non-hydrogen) atoms. The van der Waals surface area contributed by atoms with Crippen LogP contribution >= 0.6 is 12.4 Å². The highest BCUT2D eigenvalue weighted by atomic mass is 35.5. The van der Waals surface area contributed by atoms with E-state index in [1.54, 1.807) is 6.92 Å². The van der Waals surface area contributed by atoms with Crippen LogP contribution in [-0.4, -0.2) is 52.4 Å². The third-order valence-electron chi connectivity index (χ3n) is 4.11. The number of amides is 1. The number of halogens is 1. The van der Waals surface area contributed by atoms with Gasteiger partial charge in [-0.15, -0.1) is 12.4 Å². The zero-order chi connectivity index (χ0) is 17.0. The molecule has 1 unspecified atom stereocenters. The molecular weight excluding hydrogens is 354 g/mol. The van der Waals surface area contributed by atoms with Gasteiger partial charge in [0.1, 0.15) is 5.76 Å². The van der Waals surface area contributed by atoms with Crippen molar-refractivity contribution in [2.75, 3.05) is 33.7 Å². The Bertz CT molecular complexity index is 652. The van der Waals surface area contributed by atoms with E-state index in [9.17, 15) is 13.2 Å². The SMILES string of the molecule is Cc1oc(S(=O)(=O)N(C)C)cc1C(=O)NCCC1CCCNC1.Cl. The first-order valence-electron chi connectivity index (χ1n) is 7.84. The second kappa shape index (κ2) is 8.84. The molecule has 1 saturated heterocycles. The molecule has 0 bridgehead atoms. The molecule has 138 valence electrons. The van der Waals surface area contributed by atoms with Crippen LogP contribution in [0.5, 0.6) is 0 Å². The Labute approximate surface area is 149 Å². The number of hydrogen-bond acceptors (Lipinski definition) is 5. The van der Waals surface area contributed by atoms with E-state index in [4.69, 9.17) is 4.42 Å². The van der Waals surface area contributed by atoms with Crippen molar-refractivity contribution in [2.24, 2.45) is 5.92 Å². The first-order chi connectivity index (χ1) is 10.8. The number of nitrogens with one attached hydrogen (secondary N) is 2. The summed E-state index contributed by atoms with van der Waals surface area (Å²) < 4.78 is 30.4. The molecule has 0 aliphatic carbocycles. The van der Waals surface area contributed by atoms with Crippen molar-refractivity contribution in [1.82, 2.24) is 14.9 Å². The third kappa shape index (κ3) is 4.95. The summed E-state index contributed by atoms with van der Waals surface area (Å²) in [6.07, 6.45) is 3.27. The first-order valence-corrected chi connectivity index (χ1v) is 9.28. The van der Waals surface area contributed by atoms with E-state index in [-0.39, 0.29) is 29.0 Å². The van der Waals surface area contributed by atoms with E-state index in [0.29, 0.717) is 18.2 Å². The minimum absolute atomic E-state index is 0. The van der Waals surface area contributed by atoms with Crippen LogP contribution in [0.3, 0.4) is 0 Å². The second-order valence-electron chi connectivity index (χ2n) is 6.08. The molecule has 1 aliphatic rings. The van der Waals surface area contributed by atoms with E-state index < -0.39 is 10.0 Å². The summed E-state index contributed by atoms with van der Waals surface area (Å²) in [4.78, 5) is 12.2. The Morgan fingerprint density at radius 3 is 2.75 bits per heavy atom. The molecule has 2 heterocycles. The van der Waals surface area contributed by atoms with Crippen LogP contribution in [0.2, 0.25) is 0 Å². The molecule has 0 aromatic carbocycles. The minimum atomic E-state index is -3.67. The van der Waals surface area contributed by atoms with Gasteiger partial charge in [0.25, 0.3) is 15.9 Å². The average molecular weight is 380 g/mol. The largest absolute Gasteiger partial charge is 0.448 e. The Hall–Kier alpha value is -1.09. The number of hydrogen-bond donors (Lipinski definition) is 2. The molecule has 9 heteroatoms. The van der Waals surface area contributed by atoms with Gasteiger partial charge in [-0.1, -0.05) is 0 Å². The van der Waals surface area contributed by atoms with E-state index >= 15 is 0 Å². The van der Waals surface area contributed by atoms with Crippen LogP contribution in [0.1, 0.15) is 35.4 Å². The highest BCUT2D eigenvalue weighted by Crippen LogP contribution is 2.21. The summed E-state index contributed by atoms with van der Waals surface area (Å²) in [5, 5.41) is 5.98. The van der Waals surface area contributed by atoms with Crippen molar-refractivity contribution in [3.63, 3.8) is 0 Å². The molecule has 1 fully saturated rings. The lowest BCUT2D eigenvalue weighted by molar-refractivity contribution is 0.0949. The quantitative estimate of drug-likeness (QED) is 0.779. The van der Waals surface area contributed by atoms with Crippen molar-refractivity contribution < 1.29 is 17.6 Å². The molecule has 2 N–H and O–H groups in total. The fourth-order valence-corrected chi connectivity index (χ4v) is 3.50. The topological polar surface area (TPSA) is 91.7 Å². The smallest absolute Gasteiger partial charge is 0.275 e. The summed E-state index contributed by atoms with van der Waals surface area (Å²) in [5.74, 6) is 0.594. The second-order valence-corrected chi connectivity index (χ2v) is 8.16. The molecule has 0 saturated carbocycles. The molecular formula is C15H26ClN3O4S. The predicted molar refractivity (Wildman–Crippen MR) is 94.1 cm³/mol. The fourth-order valence-electron chi connectivity index (χ4n) is 2.64. The lowest BCUT2D eigenvalue weighted by atomic mass is 9.96. The van der Waals surface area contributed by atoms with Gasteiger partial charge in [-0.05, 0) is 45.2 Å². The van der Waals surface area contributed by atoms with E-state index in [2.05, 4.69) is 10.6 Å². The van der Waals surface area contributed by atoms with E-state index in [1.807, 2.05) is 0 Å². The molecule has 1 amide bonds. The third-order valence-corrected chi connectivity index (χ3v) is 5.78. The van der Waals surface area contributed by atoms with Gasteiger partial charge in [0.2, 0.25) is 5.09 Å². The number of rotatable bonds is 6. The highest BCUT2D eigenvalue weighted by Gasteiger charge is 2.25. The number of furan rings is 1. The zero-order valence-corrected chi connectivity index (χ0v) is 15.9. The van der Waals surface area contributed by atoms with Crippen LogP contribution in [0, 0.1) is 12.8 Å². The maximum atomic E-state index is 12.2. The molecule has 1 atom stereocenters. The lowest BCUT2D eigenvalue weighted by Crippen LogP contribution is -2.33. The first kappa shape index (κ1) is 21.0. The van der Waals surface area contributed by atoms with Gasteiger partial charge in [-0.25, -0.2) is 12.7 Å². The van der Waals surface area contributed by atoms with Crippen LogP contribution in [0.4, 0.5) is 0 Å². The van der Waals surface area contributed by atoms with Gasteiger partial charge in [0.15, 0.2) is 0 Å². The Morgan fingerprint density at radius 2 is 2.17 bits per heavy atom. The lowest BCUT2D eigenvalue weighted by Gasteiger charge is -2.22. The van der Waals surface area contributed by atoms with Crippen molar-refractivity contribution in [1.29, 1.82) is 0 Å². The number of sulfonamides is 1. The maximum Gasteiger partial charge on any atom is 0.275 e. The van der Waals surface area contributed by atoms with E-state index in [1.165, 1.54) is 33.0 Å². The van der Waals surface area contributed by atoms with Crippen molar-refractivity contribution >= 4 is 28.3 Å². The van der Waals surface area contributed by atoms with E-state index in [0.717, 1.165) is 23.8 Å². The number of carbonyl (C=O) groups is 1. The molecule has 1 aromatic heterocycles. The van der Waals surface area contributed by atoms with Gasteiger partial charge in [0, 0.05) is 26.7 Å². The molecule has 1 aromatic rings. The maximum absolute atomic E-state index is 12.2. The molecule has 1 aliphatic heterocycles. The Kier molecular flexibility index (Phi) is 7.72. The normalized spacial score (nSPS) is 18.2. The monoisotopic (exact) mass is 379 g/mol. The van der Waals surface area contributed by atoms with Gasteiger partial charge >= 0.3 is 0 Å². The van der Waals surface area contributed by atoms with Crippen LogP contribution < -0.4 is 10.6 Å². The Morgan fingerprint density at radius 1 is 1.46 bits per heavy atom. The number of piperidine rings is 1. The summed E-state index contributed by atoms with van der Waals surface area (Å²) >= 11 is 0. The van der Waals surface area contributed by atoms with Gasteiger partial charge in [-0.2, -0.15) is 0 Å². The summed E-state index contributed by atoms with van der Waals surface area (Å²) in [7, 11) is -0.828. The standard InChI is InChI=1S/C15H25N3O4S.ClH/c1-11-13(9-14(22-11)23(20,21)18(2)3)15(19)17-8-6-12-5-4-7-16-10-12;/h9,12,16H,4-8,10H2,1-3H3,(H,17,19);1H. The van der Waals surface area contributed by atoms with Crippen molar-refractivity contribution in [3.05, 3.63) is 17.4 Å². The minimum Gasteiger partial charge on any atom is -0.448 e. The molecule has 2 rings (SSSR count). The van der Waals surface area contributed by atoms with Gasteiger partial charge < -0.3 is 15.1 Å². The summed E-state index contributed by atoms with van der Waals surface area (Å²) in [6.45, 7) is 4.23. The van der Waals surface area contributed by atoms with Gasteiger partial charge in [-0.3, -0.25) is 4.79 Å². The van der Waals surface area contributed by atoms with Crippen LogP contribution in [-0.2, 0) is 10.0 Å². The molecule has 0 spiro atoms. The van der Waals surface area contributed by atoms with Crippen molar-refractivity contribution in [3.8, 4) is 0 Å². The van der Waals surface area contributed by atoms with Crippen LogP contribution in [0.25, 0.3) is 0 Å². The fraction of sp³-hybridized carbons (Fsp3) is 0.667. The Balaban J connectivity index is 0.00000288. The van der Waals surface area contributed by atoms with Crippen molar-refractivity contribution in [2.45, 2.75) is 31.3 Å². The summed E-state index contributed by atoms with van der Waals surface area (Å²) in [6, 6.07) is 1.29. The molecule has 7 nitrogen and oxygen atoms in total. The number of aryl methyl sites for hydroxylation is 1. The number of nitrogens with zero attached hydrogens (tertiary/aromatic N) is 1. The molecule has 0 radical (unpaired) electrons. The predicted octanol–water partition coefficient (Wildman–Crippen LogP) is 1.38.